The maximum atomic E-state index is 10.7. The van der Waals surface area contributed by atoms with Crippen molar-refractivity contribution in [2.75, 3.05) is 26.4 Å². The summed E-state index contributed by atoms with van der Waals surface area (Å²) in [6.45, 7) is -2.12. The lowest BCUT2D eigenvalue weighted by Gasteiger charge is -2.46. The van der Waals surface area contributed by atoms with Gasteiger partial charge in [-0.25, -0.2) is 0 Å². The van der Waals surface area contributed by atoms with Crippen LogP contribution in [0, 0.1) is 0 Å². The molecule has 18 nitrogen and oxygen atoms in total. The fraction of sp³-hybridized carbons (Fsp3) is 1.00. The van der Waals surface area contributed by atoms with Crippen molar-refractivity contribution in [2.45, 2.75) is 105 Å². The van der Waals surface area contributed by atoms with Crippen molar-refractivity contribution < 1.29 is 89.3 Å². The van der Waals surface area contributed by atoms with Crippen molar-refractivity contribution in [3.8, 4) is 0 Å². The van der Waals surface area contributed by atoms with Crippen LogP contribution in [0.25, 0.3) is 0 Å². The van der Waals surface area contributed by atoms with Crippen LogP contribution in [0.4, 0.5) is 0 Å². The molecule has 4 heterocycles. The van der Waals surface area contributed by atoms with Gasteiger partial charge in [-0.15, -0.1) is 0 Å². The van der Waals surface area contributed by atoms with E-state index in [0.717, 1.165) is 0 Å². The molecule has 0 radical (unpaired) electrons. The Kier molecular flexibility index (Phi) is 10.5. The summed E-state index contributed by atoms with van der Waals surface area (Å²) in [5.74, 6) is 0. The molecule has 17 atom stereocenters. The molecule has 39 heavy (non-hydrogen) atoms. The molecular weight excluding hydrogens is 540 g/mol. The molecule has 0 amide bonds. The van der Waals surface area contributed by atoms with Crippen LogP contribution < -0.4 is 0 Å². The first-order valence-corrected chi connectivity index (χ1v) is 12.3. The van der Waals surface area contributed by atoms with Gasteiger partial charge in [-0.1, -0.05) is 0 Å². The number of aliphatic hydroxyl groups is 11. The van der Waals surface area contributed by atoms with Crippen molar-refractivity contribution >= 4 is 0 Å². The second-order valence-electron chi connectivity index (χ2n) is 9.80. The lowest BCUT2D eigenvalue weighted by Crippen LogP contribution is -2.65. The average molecular weight is 577 g/mol. The lowest BCUT2D eigenvalue weighted by molar-refractivity contribution is -0.387. The second-order valence-corrected chi connectivity index (χ2v) is 9.80. The predicted octanol–water partition coefficient (Wildman–Crippen LogP) is -7.83. The fourth-order valence-corrected chi connectivity index (χ4v) is 4.64. The normalized spacial score (nSPS) is 53.5. The topological polar surface area (TPSA) is 287 Å². The molecule has 4 aliphatic rings. The number of rotatable bonds is 7. The molecule has 4 rings (SSSR count). The number of ether oxygens (including phenoxy) is 7. The Morgan fingerprint density at radius 1 is 0.487 bits per heavy atom. The molecule has 0 aliphatic carbocycles. The van der Waals surface area contributed by atoms with E-state index in [1.165, 1.54) is 0 Å². The molecule has 0 bridgehead atoms. The van der Waals surface area contributed by atoms with E-state index in [-0.39, 0.29) is 0 Å². The van der Waals surface area contributed by atoms with Gasteiger partial charge in [-0.2, -0.15) is 0 Å². The van der Waals surface area contributed by atoms with Crippen LogP contribution in [-0.2, 0) is 33.2 Å². The monoisotopic (exact) mass is 576 g/mol. The number of hydrogen-bond donors (Lipinski definition) is 11. The lowest BCUT2D eigenvalue weighted by atomic mass is 9.98. The van der Waals surface area contributed by atoms with Gasteiger partial charge < -0.3 is 89.3 Å². The van der Waals surface area contributed by atoms with E-state index in [9.17, 15) is 56.2 Å². The third-order valence-electron chi connectivity index (χ3n) is 7.03. The van der Waals surface area contributed by atoms with Gasteiger partial charge in [0.1, 0.15) is 79.4 Å². The zero-order chi connectivity index (χ0) is 28.6. The van der Waals surface area contributed by atoms with Gasteiger partial charge in [0.25, 0.3) is 0 Å². The first kappa shape index (κ1) is 31.2. The van der Waals surface area contributed by atoms with Crippen LogP contribution in [0.15, 0.2) is 0 Å². The summed E-state index contributed by atoms with van der Waals surface area (Å²) in [5.41, 5.74) is 0. The average Bonchev–Trinajstić information content (AvgIpc) is 2.91. The fourth-order valence-electron chi connectivity index (χ4n) is 4.64. The highest BCUT2D eigenvalue weighted by molar-refractivity contribution is 4.93. The van der Waals surface area contributed by atoms with Crippen LogP contribution in [0.3, 0.4) is 0 Å². The zero-order valence-corrected chi connectivity index (χ0v) is 20.4. The van der Waals surface area contributed by atoms with E-state index in [4.69, 9.17) is 33.2 Å². The van der Waals surface area contributed by atoms with Gasteiger partial charge >= 0.3 is 0 Å². The van der Waals surface area contributed by atoms with Gasteiger partial charge in [0, 0.05) is 0 Å². The van der Waals surface area contributed by atoms with Crippen LogP contribution in [0.1, 0.15) is 0 Å². The summed E-state index contributed by atoms with van der Waals surface area (Å²) in [5, 5.41) is 111. The molecule has 0 aromatic rings. The second kappa shape index (κ2) is 13.1. The highest BCUT2D eigenvalue weighted by Crippen LogP contribution is 2.31. The van der Waals surface area contributed by atoms with Crippen molar-refractivity contribution in [3.63, 3.8) is 0 Å². The van der Waals surface area contributed by atoms with Gasteiger partial charge in [0.05, 0.1) is 26.4 Å². The Hall–Kier alpha value is -0.720. The van der Waals surface area contributed by atoms with Gasteiger partial charge in [0.2, 0.25) is 0 Å². The molecule has 4 aliphatic heterocycles. The smallest absolute Gasteiger partial charge is 0.187 e. The van der Waals surface area contributed by atoms with E-state index >= 15 is 0 Å². The van der Waals surface area contributed by atoms with Crippen LogP contribution in [0.5, 0.6) is 0 Å². The van der Waals surface area contributed by atoms with Crippen molar-refractivity contribution in [2.24, 2.45) is 0 Å². The highest BCUT2D eigenvalue weighted by atomic mass is 16.8. The summed E-state index contributed by atoms with van der Waals surface area (Å²) in [6.07, 6.45) is -27.8. The summed E-state index contributed by atoms with van der Waals surface area (Å²) < 4.78 is 37.8. The molecule has 0 unspecified atom stereocenters. The van der Waals surface area contributed by atoms with E-state index < -0.39 is 131 Å². The third-order valence-corrected chi connectivity index (χ3v) is 7.03. The molecule has 228 valence electrons. The summed E-state index contributed by atoms with van der Waals surface area (Å²) in [7, 11) is 0. The summed E-state index contributed by atoms with van der Waals surface area (Å²) >= 11 is 0. The highest BCUT2D eigenvalue weighted by Gasteiger charge is 2.52. The minimum Gasteiger partial charge on any atom is -0.394 e. The van der Waals surface area contributed by atoms with Crippen LogP contribution >= 0.6 is 0 Å². The molecule has 18 heteroatoms. The molecular formula is C21H36O18. The Morgan fingerprint density at radius 2 is 0.923 bits per heavy atom. The van der Waals surface area contributed by atoms with Crippen LogP contribution in [-0.4, -0.2) is 187 Å². The molecule has 0 saturated carbocycles. The van der Waals surface area contributed by atoms with Gasteiger partial charge in [-0.05, 0) is 0 Å². The largest absolute Gasteiger partial charge is 0.394 e. The standard InChI is InChI=1S/C21H36O18/c22-1-8-12(29)13(30)15(18(32)36-8)37-20-17(11(28)7(25)3-34-20)39-21-16(10(27)6(24)4-35-21)38-19-14(31)9(26)5(23)2-33-19/h5-32H,1-4H2/t5-,6-,7-,8-,9+,10+,11+,12-,13+,14-,15-,16-,17-,18+,19+,20+,21+/m1/s1. The molecule has 0 aromatic carbocycles. The number of aliphatic hydroxyl groups excluding tert-OH is 11. The van der Waals surface area contributed by atoms with Crippen molar-refractivity contribution in [3.05, 3.63) is 0 Å². The van der Waals surface area contributed by atoms with Gasteiger partial charge in [-0.3, -0.25) is 0 Å². The van der Waals surface area contributed by atoms with E-state index in [1.807, 2.05) is 0 Å². The number of hydrogen-bond acceptors (Lipinski definition) is 18. The molecule has 4 fully saturated rings. The minimum atomic E-state index is -1.86. The Labute approximate surface area is 221 Å². The Balaban J connectivity index is 1.50. The molecule has 0 aromatic heterocycles. The van der Waals surface area contributed by atoms with Crippen LogP contribution in [0.2, 0.25) is 0 Å². The van der Waals surface area contributed by atoms with Crippen molar-refractivity contribution in [1.29, 1.82) is 0 Å². The maximum absolute atomic E-state index is 10.7. The quantitative estimate of drug-likeness (QED) is 0.134. The van der Waals surface area contributed by atoms with Gasteiger partial charge in [0.15, 0.2) is 25.2 Å². The Bertz CT molecular complexity index is 777. The van der Waals surface area contributed by atoms with E-state index in [1.54, 1.807) is 0 Å². The first-order chi connectivity index (χ1) is 18.4. The molecule has 0 spiro atoms. The third kappa shape index (κ3) is 6.53. The zero-order valence-electron chi connectivity index (χ0n) is 20.4. The maximum Gasteiger partial charge on any atom is 0.187 e. The summed E-state index contributed by atoms with van der Waals surface area (Å²) in [4.78, 5) is 0. The first-order valence-electron chi connectivity index (χ1n) is 12.3. The molecule has 11 N–H and O–H groups in total. The minimum absolute atomic E-state index is 0.435. The Morgan fingerprint density at radius 3 is 1.44 bits per heavy atom. The van der Waals surface area contributed by atoms with E-state index in [0.29, 0.717) is 0 Å². The van der Waals surface area contributed by atoms with Crippen molar-refractivity contribution in [1.82, 2.24) is 0 Å². The molecule has 4 saturated heterocycles. The summed E-state index contributed by atoms with van der Waals surface area (Å²) in [6, 6.07) is 0. The van der Waals surface area contributed by atoms with E-state index in [2.05, 4.69) is 0 Å². The SMILES string of the molecule is OC[C@H]1O[C@H](O)[C@H](O[C@@H]2OC[C@@H](O)[C@H](O)[C@H]2O[C@@H]2OC[C@@H](O)[C@H](O)[C@H]2O[C@@H]2OC[C@@H](O)[C@H](O)[C@H]2O)[C@@H](O)[C@@H]1O. The predicted molar refractivity (Wildman–Crippen MR) is 116 cm³/mol.